The summed E-state index contributed by atoms with van der Waals surface area (Å²) in [4.78, 5) is 0.355. The molecule has 1 fully saturated rings. The van der Waals surface area contributed by atoms with Crippen LogP contribution in [0.4, 0.5) is 5.69 Å². The molecule has 1 saturated carbocycles. The number of rotatable bonds is 6. The van der Waals surface area contributed by atoms with Gasteiger partial charge >= 0.3 is 0 Å². The number of anilines is 1. The standard InChI is InChI=1S/C15H24N2O2S/c1-11(2)9-10-17(13-7-8-13)20(18,19)15-6-4-5-14(16)12(15)3/h4-6,11,13H,7-10,16H2,1-3H3. The molecule has 20 heavy (non-hydrogen) atoms. The van der Waals surface area contributed by atoms with Crippen molar-refractivity contribution in [3.05, 3.63) is 23.8 Å². The van der Waals surface area contributed by atoms with Crippen LogP contribution in [0.25, 0.3) is 0 Å². The van der Waals surface area contributed by atoms with Crippen molar-refractivity contribution < 1.29 is 8.42 Å². The molecule has 1 aromatic carbocycles. The van der Waals surface area contributed by atoms with E-state index in [4.69, 9.17) is 5.73 Å². The maximum Gasteiger partial charge on any atom is 0.243 e. The second-order valence-electron chi connectivity index (χ2n) is 6.00. The minimum atomic E-state index is -3.43. The van der Waals surface area contributed by atoms with Crippen molar-refractivity contribution in [3.63, 3.8) is 0 Å². The van der Waals surface area contributed by atoms with E-state index in [2.05, 4.69) is 13.8 Å². The summed E-state index contributed by atoms with van der Waals surface area (Å²) in [5, 5.41) is 0. The highest BCUT2D eigenvalue weighted by Gasteiger charge is 2.38. The van der Waals surface area contributed by atoms with E-state index in [9.17, 15) is 8.42 Å². The van der Waals surface area contributed by atoms with Crippen LogP contribution < -0.4 is 5.73 Å². The van der Waals surface area contributed by atoms with Crippen molar-refractivity contribution in [1.29, 1.82) is 0 Å². The molecule has 0 aromatic heterocycles. The quantitative estimate of drug-likeness (QED) is 0.821. The zero-order valence-electron chi connectivity index (χ0n) is 12.5. The third kappa shape index (κ3) is 3.15. The van der Waals surface area contributed by atoms with Crippen LogP contribution >= 0.6 is 0 Å². The van der Waals surface area contributed by atoms with Crippen LogP contribution in [-0.4, -0.2) is 25.3 Å². The van der Waals surface area contributed by atoms with E-state index < -0.39 is 10.0 Å². The highest BCUT2D eigenvalue weighted by Crippen LogP contribution is 2.34. The third-order valence-corrected chi connectivity index (χ3v) is 5.89. The van der Waals surface area contributed by atoms with Gasteiger partial charge in [-0.1, -0.05) is 19.9 Å². The number of benzene rings is 1. The Bertz CT molecular complexity index is 578. The van der Waals surface area contributed by atoms with E-state index in [1.165, 1.54) is 0 Å². The minimum Gasteiger partial charge on any atom is -0.398 e. The van der Waals surface area contributed by atoms with Gasteiger partial charge in [-0.05, 0) is 49.8 Å². The molecule has 1 aromatic rings. The molecule has 5 heteroatoms. The fraction of sp³-hybridized carbons (Fsp3) is 0.600. The second kappa shape index (κ2) is 5.74. The van der Waals surface area contributed by atoms with Gasteiger partial charge in [0.2, 0.25) is 10.0 Å². The zero-order chi connectivity index (χ0) is 14.9. The molecule has 2 N–H and O–H groups in total. The summed E-state index contributed by atoms with van der Waals surface area (Å²) in [6.45, 7) is 6.60. The molecule has 0 saturated heterocycles. The first-order chi connectivity index (χ1) is 9.34. The predicted octanol–water partition coefficient (Wildman–Crippen LogP) is 2.78. The number of nitrogen functional groups attached to an aromatic ring is 1. The Labute approximate surface area is 122 Å². The van der Waals surface area contributed by atoms with Gasteiger partial charge in [-0.15, -0.1) is 0 Å². The topological polar surface area (TPSA) is 63.4 Å². The van der Waals surface area contributed by atoms with Crippen molar-refractivity contribution in [2.24, 2.45) is 5.92 Å². The van der Waals surface area contributed by atoms with E-state index >= 15 is 0 Å². The predicted molar refractivity (Wildman–Crippen MR) is 82.0 cm³/mol. The Hall–Kier alpha value is -1.07. The van der Waals surface area contributed by atoms with Gasteiger partial charge in [0.15, 0.2) is 0 Å². The van der Waals surface area contributed by atoms with Gasteiger partial charge in [-0.2, -0.15) is 4.31 Å². The van der Waals surface area contributed by atoms with Crippen LogP contribution in [0, 0.1) is 12.8 Å². The Morgan fingerprint density at radius 2 is 2.00 bits per heavy atom. The number of hydrogen-bond donors (Lipinski definition) is 1. The molecule has 0 radical (unpaired) electrons. The van der Waals surface area contributed by atoms with E-state index in [0.717, 1.165) is 19.3 Å². The van der Waals surface area contributed by atoms with Gasteiger partial charge in [0.05, 0.1) is 4.90 Å². The lowest BCUT2D eigenvalue weighted by atomic mass is 10.1. The lowest BCUT2D eigenvalue weighted by Crippen LogP contribution is -2.35. The molecule has 0 atom stereocenters. The summed E-state index contributed by atoms with van der Waals surface area (Å²) in [7, 11) is -3.43. The minimum absolute atomic E-state index is 0.180. The smallest absolute Gasteiger partial charge is 0.243 e. The highest BCUT2D eigenvalue weighted by molar-refractivity contribution is 7.89. The van der Waals surface area contributed by atoms with Crippen LogP contribution in [0.3, 0.4) is 0 Å². The molecule has 0 aliphatic heterocycles. The fourth-order valence-corrected chi connectivity index (χ4v) is 4.24. The number of hydrogen-bond acceptors (Lipinski definition) is 3. The summed E-state index contributed by atoms with van der Waals surface area (Å²) in [6, 6.07) is 5.29. The van der Waals surface area contributed by atoms with Crippen molar-refractivity contribution in [2.45, 2.75) is 51.0 Å². The van der Waals surface area contributed by atoms with E-state index in [0.29, 0.717) is 28.6 Å². The monoisotopic (exact) mass is 296 g/mol. The molecule has 2 rings (SSSR count). The molecular formula is C15H24N2O2S. The van der Waals surface area contributed by atoms with Crippen LogP contribution in [-0.2, 0) is 10.0 Å². The van der Waals surface area contributed by atoms with E-state index in [1.807, 2.05) is 0 Å². The van der Waals surface area contributed by atoms with Gasteiger partial charge in [-0.25, -0.2) is 8.42 Å². The summed E-state index contributed by atoms with van der Waals surface area (Å²) in [5.41, 5.74) is 7.04. The second-order valence-corrected chi connectivity index (χ2v) is 7.86. The van der Waals surface area contributed by atoms with Crippen LogP contribution in [0.2, 0.25) is 0 Å². The van der Waals surface area contributed by atoms with Crippen LogP contribution in [0.1, 0.15) is 38.7 Å². The summed E-state index contributed by atoms with van der Waals surface area (Å²) < 4.78 is 27.4. The summed E-state index contributed by atoms with van der Waals surface area (Å²) in [5.74, 6) is 0.494. The Kier molecular flexibility index (Phi) is 4.39. The lowest BCUT2D eigenvalue weighted by molar-refractivity contribution is 0.373. The Morgan fingerprint density at radius 3 is 2.55 bits per heavy atom. The molecule has 0 unspecified atom stereocenters. The Balaban J connectivity index is 2.33. The first-order valence-corrected chi connectivity index (χ1v) is 8.65. The lowest BCUT2D eigenvalue weighted by Gasteiger charge is -2.24. The molecule has 112 valence electrons. The molecular weight excluding hydrogens is 272 g/mol. The highest BCUT2D eigenvalue weighted by atomic mass is 32.2. The maximum atomic E-state index is 12.9. The van der Waals surface area contributed by atoms with Gasteiger partial charge in [0.25, 0.3) is 0 Å². The average Bonchev–Trinajstić information content (AvgIpc) is 3.16. The Morgan fingerprint density at radius 1 is 1.35 bits per heavy atom. The molecule has 4 nitrogen and oxygen atoms in total. The van der Waals surface area contributed by atoms with E-state index in [1.54, 1.807) is 29.4 Å². The maximum absolute atomic E-state index is 12.9. The van der Waals surface area contributed by atoms with Gasteiger partial charge < -0.3 is 5.73 Å². The normalized spacial score (nSPS) is 16.1. The van der Waals surface area contributed by atoms with Gasteiger partial charge in [-0.3, -0.25) is 0 Å². The van der Waals surface area contributed by atoms with Crippen molar-refractivity contribution in [3.8, 4) is 0 Å². The fourth-order valence-electron chi connectivity index (χ4n) is 2.28. The zero-order valence-corrected chi connectivity index (χ0v) is 13.3. The SMILES string of the molecule is Cc1c(N)cccc1S(=O)(=O)N(CCC(C)C)C1CC1. The van der Waals surface area contributed by atoms with Gasteiger partial charge in [0.1, 0.15) is 0 Å². The number of sulfonamides is 1. The van der Waals surface area contributed by atoms with Gasteiger partial charge in [0, 0.05) is 18.3 Å². The van der Waals surface area contributed by atoms with Crippen LogP contribution in [0.15, 0.2) is 23.1 Å². The van der Waals surface area contributed by atoms with Crippen molar-refractivity contribution in [2.75, 3.05) is 12.3 Å². The average molecular weight is 296 g/mol. The molecule has 1 aliphatic carbocycles. The van der Waals surface area contributed by atoms with E-state index in [-0.39, 0.29) is 6.04 Å². The van der Waals surface area contributed by atoms with Crippen LogP contribution in [0.5, 0.6) is 0 Å². The molecule has 0 spiro atoms. The first-order valence-electron chi connectivity index (χ1n) is 7.21. The summed E-state index contributed by atoms with van der Waals surface area (Å²) >= 11 is 0. The summed E-state index contributed by atoms with van der Waals surface area (Å²) in [6.07, 6.45) is 2.83. The van der Waals surface area contributed by atoms with Crippen molar-refractivity contribution >= 4 is 15.7 Å². The molecule has 0 amide bonds. The molecule has 0 bridgehead atoms. The number of nitrogens with two attached hydrogens (primary N) is 1. The molecule has 1 aliphatic rings. The van der Waals surface area contributed by atoms with Crippen molar-refractivity contribution in [1.82, 2.24) is 4.31 Å². The third-order valence-electron chi connectivity index (χ3n) is 3.79. The largest absolute Gasteiger partial charge is 0.398 e. The first kappa shape index (κ1) is 15.3. The molecule has 0 heterocycles. The number of nitrogens with zero attached hydrogens (tertiary/aromatic N) is 1.